The van der Waals surface area contributed by atoms with Crippen molar-refractivity contribution >= 4 is 5.69 Å². The van der Waals surface area contributed by atoms with Crippen LogP contribution in [0.2, 0.25) is 0 Å². The first-order valence-corrected chi connectivity index (χ1v) is 9.59. The minimum atomic E-state index is 0.651. The number of aromatic nitrogens is 1. The summed E-state index contributed by atoms with van der Waals surface area (Å²) in [7, 11) is 2.28. The van der Waals surface area contributed by atoms with E-state index in [1.165, 1.54) is 42.7 Å². The van der Waals surface area contributed by atoms with Gasteiger partial charge in [-0.15, -0.1) is 0 Å². The molecule has 2 unspecified atom stereocenters. The largest absolute Gasteiger partial charge is 0.367 e. The Bertz CT molecular complexity index is 737. The lowest BCUT2D eigenvalue weighted by Gasteiger charge is -2.29. The molecule has 25 heavy (non-hydrogen) atoms. The third-order valence-corrected chi connectivity index (χ3v) is 5.92. The molecule has 0 bridgehead atoms. The van der Waals surface area contributed by atoms with Crippen molar-refractivity contribution in [2.24, 2.45) is 0 Å². The topological polar surface area (TPSA) is 19.4 Å². The standard InChI is InChI=1S/C22H29N3/c1-16-6-9-22-19(13-16)20-15-24(3)11-4-5-21(20)25(22)12-10-18-8-7-17(2)23-14-18/h6-9,13-14,20-21H,4-5,10-12,15H2,1-3H3. The molecule has 0 spiro atoms. The summed E-state index contributed by atoms with van der Waals surface area (Å²) >= 11 is 0. The third-order valence-electron chi connectivity index (χ3n) is 5.92. The first-order chi connectivity index (χ1) is 12.1. The van der Waals surface area contributed by atoms with Crippen molar-refractivity contribution in [2.45, 2.75) is 45.1 Å². The van der Waals surface area contributed by atoms with Crippen LogP contribution in [0.4, 0.5) is 5.69 Å². The monoisotopic (exact) mass is 335 g/mol. The average Bonchev–Trinajstić information content (AvgIpc) is 2.74. The van der Waals surface area contributed by atoms with Crippen molar-refractivity contribution in [3.05, 3.63) is 58.9 Å². The van der Waals surface area contributed by atoms with Crippen LogP contribution in [0.5, 0.6) is 0 Å². The quantitative estimate of drug-likeness (QED) is 0.847. The van der Waals surface area contributed by atoms with E-state index in [1.54, 1.807) is 5.56 Å². The highest BCUT2D eigenvalue weighted by Crippen LogP contribution is 2.44. The second-order valence-electron chi connectivity index (χ2n) is 7.89. The molecule has 0 radical (unpaired) electrons. The van der Waals surface area contributed by atoms with Crippen LogP contribution in [0.3, 0.4) is 0 Å². The van der Waals surface area contributed by atoms with E-state index < -0.39 is 0 Å². The molecule has 0 N–H and O–H groups in total. The molecule has 1 saturated heterocycles. The molecule has 1 fully saturated rings. The van der Waals surface area contributed by atoms with Gasteiger partial charge in [-0.3, -0.25) is 4.98 Å². The van der Waals surface area contributed by atoms with Crippen molar-refractivity contribution in [1.82, 2.24) is 9.88 Å². The first kappa shape index (κ1) is 16.6. The van der Waals surface area contributed by atoms with E-state index in [4.69, 9.17) is 0 Å². The Morgan fingerprint density at radius 2 is 2.04 bits per heavy atom. The van der Waals surface area contributed by atoms with Gasteiger partial charge < -0.3 is 9.80 Å². The molecule has 0 amide bonds. The molecular weight excluding hydrogens is 306 g/mol. The highest BCUT2D eigenvalue weighted by Gasteiger charge is 2.39. The predicted molar refractivity (Wildman–Crippen MR) is 104 cm³/mol. The highest BCUT2D eigenvalue weighted by molar-refractivity contribution is 5.63. The van der Waals surface area contributed by atoms with Gasteiger partial charge in [0.2, 0.25) is 0 Å². The number of fused-ring (bicyclic) bond motifs is 3. The van der Waals surface area contributed by atoms with Crippen LogP contribution in [0.15, 0.2) is 36.5 Å². The number of likely N-dealkylation sites (N-methyl/N-ethyl adjacent to an activating group) is 1. The zero-order valence-electron chi connectivity index (χ0n) is 15.7. The molecule has 1 aromatic heterocycles. The smallest absolute Gasteiger partial charge is 0.0405 e. The van der Waals surface area contributed by atoms with Crippen molar-refractivity contribution in [3.63, 3.8) is 0 Å². The number of likely N-dealkylation sites (tertiary alicyclic amines) is 1. The number of hydrogen-bond acceptors (Lipinski definition) is 3. The minimum Gasteiger partial charge on any atom is -0.367 e. The van der Waals surface area contributed by atoms with Gasteiger partial charge in [0.15, 0.2) is 0 Å². The SMILES string of the molecule is Cc1ccc2c(c1)C1CN(C)CCCC1N2CCc1ccc(C)nc1. The molecule has 0 aliphatic carbocycles. The van der Waals surface area contributed by atoms with Crippen LogP contribution in [-0.4, -0.2) is 42.6 Å². The van der Waals surface area contributed by atoms with Crippen molar-refractivity contribution in [2.75, 3.05) is 31.6 Å². The predicted octanol–water partition coefficient (Wildman–Crippen LogP) is 3.94. The molecule has 4 rings (SSSR count). The lowest BCUT2D eigenvalue weighted by molar-refractivity contribution is 0.330. The number of benzene rings is 1. The fourth-order valence-corrected chi connectivity index (χ4v) is 4.59. The summed E-state index contributed by atoms with van der Waals surface area (Å²) < 4.78 is 0. The molecular formula is C22H29N3. The summed E-state index contributed by atoms with van der Waals surface area (Å²) in [5.41, 5.74) is 6.86. The molecule has 0 saturated carbocycles. The van der Waals surface area contributed by atoms with Crippen molar-refractivity contribution in [3.8, 4) is 0 Å². The Morgan fingerprint density at radius 1 is 1.16 bits per heavy atom. The highest BCUT2D eigenvalue weighted by atomic mass is 15.2. The summed E-state index contributed by atoms with van der Waals surface area (Å²) in [6, 6.07) is 12.1. The van der Waals surface area contributed by atoms with Crippen LogP contribution in [-0.2, 0) is 6.42 Å². The van der Waals surface area contributed by atoms with Crippen LogP contribution in [0, 0.1) is 13.8 Å². The number of hydrogen-bond donors (Lipinski definition) is 0. The number of pyridine rings is 1. The van der Waals surface area contributed by atoms with Crippen LogP contribution >= 0.6 is 0 Å². The van der Waals surface area contributed by atoms with Crippen molar-refractivity contribution in [1.29, 1.82) is 0 Å². The molecule has 2 aromatic rings. The molecule has 1 aromatic carbocycles. The summed E-state index contributed by atoms with van der Waals surface area (Å²) in [6.07, 6.45) is 5.71. The first-order valence-electron chi connectivity index (χ1n) is 9.59. The molecule has 2 aliphatic rings. The normalized spacial score (nSPS) is 23.2. The molecule has 132 valence electrons. The fraction of sp³-hybridized carbons (Fsp3) is 0.500. The van der Waals surface area contributed by atoms with E-state index in [0.717, 1.165) is 18.7 Å². The summed E-state index contributed by atoms with van der Waals surface area (Å²) in [5, 5.41) is 0. The van der Waals surface area contributed by atoms with Gasteiger partial charge in [0.25, 0.3) is 0 Å². The van der Waals surface area contributed by atoms with Gasteiger partial charge in [-0.05, 0) is 70.0 Å². The second kappa shape index (κ2) is 6.80. The van der Waals surface area contributed by atoms with E-state index in [2.05, 4.69) is 66.0 Å². The Morgan fingerprint density at radius 3 is 2.84 bits per heavy atom. The maximum atomic E-state index is 4.46. The number of anilines is 1. The van der Waals surface area contributed by atoms with Gasteiger partial charge in [-0.2, -0.15) is 0 Å². The van der Waals surface area contributed by atoms with E-state index in [0.29, 0.717) is 12.0 Å². The summed E-state index contributed by atoms with van der Waals surface area (Å²) in [5.74, 6) is 0.651. The van der Waals surface area contributed by atoms with E-state index in [1.807, 2.05) is 6.20 Å². The average molecular weight is 335 g/mol. The number of nitrogens with zero attached hydrogens (tertiary/aromatic N) is 3. The van der Waals surface area contributed by atoms with Gasteiger partial charge in [0.1, 0.15) is 0 Å². The minimum absolute atomic E-state index is 0.651. The van der Waals surface area contributed by atoms with Gasteiger partial charge in [-0.1, -0.05) is 23.8 Å². The van der Waals surface area contributed by atoms with Gasteiger partial charge in [0, 0.05) is 42.6 Å². The maximum absolute atomic E-state index is 4.46. The third kappa shape index (κ3) is 3.30. The van der Waals surface area contributed by atoms with Gasteiger partial charge in [0.05, 0.1) is 0 Å². The van der Waals surface area contributed by atoms with Crippen LogP contribution < -0.4 is 4.90 Å². The van der Waals surface area contributed by atoms with Gasteiger partial charge in [-0.25, -0.2) is 0 Å². The fourth-order valence-electron chi connectivity index (χ4n) is 4.59. The molecule has 2 atom stereocenters. The lowest BCUT2D eigenvalue weighted by Crippen LogP contribution is -2.37. The van der Waals surface area contributed by atoms with E-state index in [-0.39, 0.29) is 0 Å². The zero-order chi connectivity index (χ0) is 17.4. The molecule has 3 heteroatoms. The Hall–Kier alpha value is -1.87. The molecule has 2 aliphatic heterocycles. The maximum Gasteiger partial charge on any atom is 0.0405 e. The molecule has 3 nitrogen and oxygen atoms in total. The zero-order valence-corrected chi connectivity index (χ0v) is 15.7. The number of aryl methyl sites for hydroxylation is 2. The molecule has 3 heterocycles. The summed E-state index contributed by atoms with van der Waals surface area (Å²) in [6.45, 7) is 7.77. The van der Waals surface area contributed by atoms with Crippen LogP contribution in [0.25, 0.3) is 0 Å². The van der Waals surface area contributed by atoms with E-state index >= 15 is 0 Å². The van der Waals surface area contributed by atoms with Crippen LogP contribution in [0.1, 0.15) is 41.1 Å². The Balaban J connectivity index is 1.60. The Labute approximate surface area is 151 Å². The Kier molecular flexibility index (Phi) is 4.51. The second-order valence-corrected chi connectivity index (χ2v) is 7.89. The van der Waals surface area contributed by atoms with E-state index in [9.17, 15) is 0 Å². The lowest BCUT2D eigenvalue weighted by atomic mass is 9.92. The summed E-state index contributed by atoms with van der Waals surface area (Å²) in [4.78, 5) is 9.67. The van der Waals surface area contributed by atoms with Crippen molar-refractivity contribution < 1.29 is 0 Å². The van der Waals surface area contributed by atoms with Gasteiger partial charge >= 0.3 is 0 Å². The number of rotatable bonds is 3.